The molecule has 0 radical (unpaired) electrons. The van der Waals surface area contributed by atoms with E-state index in [0.717, 1.165) is 38.5 Å². The van der Waals surface area contributed by atoms with Crippen LogP contribution in [0.15, 0.2) is 0 Å². The first-order valence-electron chi connectivity index (χ1n) is 11.2. The summed E-state index contributed by atoms with van der Waals surface area (Å²) >= 11 is 0. The van der Waals surface area contributed by atoms with Gasteiger partial charge in [0.2, 0.25) is 34.8 Å². The van der Waals surface area contributed by atoms with E-state index >= 15 is 0 Å². The van der Waals surface area contributed by atoms with Crippen LogP contribution in [0.5, 0.6) is 5.75 Å². The maximum Gasteiger partial charge on any atom is 0.311 e. The number of hydrogen-bond donors (Lipinski definition) is 0. The van der Waals surface area contributed by atoms with Crippen molar-refractivity contribution in [2.45, 2.75) is 90.4 Å². The molecule has 0 saturated heterocycles. The summed E-state index contributed by atoms with van der Waals surface area (Å²) in [5.41, 5.74) is 0. The lowest BCUT2D eigenvalue weighted by atomic mass is 10.1. The molecule has 0 fully saturated rings. The molecule has 0 aliphatic carbocycles. The van der Waals surface area contributed by atoms with E-state index in [1.54, 1.807) is 0 Å². The largest absolute Gasteiger partial charge is 0.466 e. The molecule has 0 heterocycles. The fourth-order valence-electron chi connectivity index (χ4n) is 3.05. The van der Waals surface area contributed by atoms with Crippen LogP contribution in [-0.2, 0) is 14.3 Å². The van der Waals surface area contributed by atoms with E-state index in [9.17, 15) is 31.5 Å². The first-order chi connectivity index (χ1) is 15.3. The van der Waals surface area contributed by atoms with Gasteiger partial charge in [-0.25, -0.2) is 13.2 Å². The third-order valence-corrected chi connectivity index (χ3v) is 4.91. The Morgan fingerprint density at radius 3 is 1.59 bits per heavy atom. The SMILES string of the molecule is CCCCCCCOC(=O)CCCCCCCCC(=O)Oc1c(F)c(F)c(F)c(F)c1F. The summed E-state index contributed by atoms with van der Waals surface area (Å²) in [5, 5.41) is 0. The van der Waals surface area contributed by atoms with Crippen molar-refractivity contribution in [2.24, 2.45) is 0 Å². The minimum atomic E-state index is -2.31. The molecule has 0 aromatic heterocycles. The van der Waals surface area contributed by atoms with Crippen LogP contribution in [0.2, 0.25) is 0 Å². The van der Waals surface area contributed by atoms with Gasteiger partial charge in [-0.05, 0) is 19.3 Å². The zero-order valence-corrected chi connectivity index (χ0v) is 18.4. The van der Waals surface area contributed by atoms with Crippen LogP contribution in [0.4, 0.5) is 22.0 Å². The van der Waals surface area contributed by atoms with Gasteiger partial charge in [0.05, 0.1) is 6.61 Å². The summed E-state index contributed by atoms with van der Waals surface area (Å²) in [4.78, 5) is 23.3. The molecule has 0 atom stereocenters. The Morgan fingerprint density at radius 2 is 1.03 bits per heavy atom. The summed E-state index contributed by atoms with van der Waals surface area (Å²) in [6.07, 6.45) is 9.70. The normalized spacial score (nSPS) is 10.9. The zero-order chi connectivity index (χ0) is 23.9. The number of halogens is 5. The summed E-state index contributed by atoms with van der Waals surface area (Å²) in [6.45, 7) is 2.60. The third-order valence-electron chi connectivity index (χ3n) is 4.91. The number of benzene rings is 1. The van der Waals surface area contributed by atoms with Gasteiger partial charge in [0.1, 0.15) is 0 Å². The number of carbonyl (C=O) groups excluding carboxylic acids is 2. The van der Waals surface area contributed by atoms with Crippen LogP contribution in [0.25, 0.3) is 0 Å². The van der Waals surface area contributed by atoms with Gasteiger partial charge >= 0.3 is 11.9 Å². The third kappa shape index (κ3) is 9.96. The number of rotatable bonds is 16. The Balaban J connectivity index is 2.11. The van der Waals surface area contributed by atoms with Crippen molar-refractivity contribution in [3.8, 4) is 5.75 Å². The molecule has 0 aliphatic rings. The summed E-state index contributed by atoms with van der Waals surface area (Å²) in [5.74, 6) is -13.9. The predicted octanol–water partition coefficient (Wildman–Crippen LogP) is 6.92. The monoisotopic (exact) mass is 466 g/mol. The Bertz CT molecular complexity index is 711. The van der Waals surface area contributed by atoms with Crippen molar-refractivity contribution in [1.82, 2.24) is 0 Å². The van der Waals surface area contributed by atoms with Crippen molar-refractivity contribution in [1.29, 1.82) is 0 Å². The van der Waals surface area contributed by atoms with Gasteiger partial charge in [-0.15, -0.1) is 0 Å². The molecule has 4 nitrogen and oxygen atoms in total. The molecule has 1 rings (SSSR count). The van der Waals surface area contributed by atoms with Crippen LogP contribution in [0.3, 0.4) is 0 Å². The van der Waals surface area contributed by atoms with Gasteiger partial charge in [-0.2, -0.15) is 8.78 Å². The highest BCUT2D eigenvalue weighted by atomic mass is 19.2. The number of ether oxygens (including phenoxy) is 2. The molecule has 0 spiro atoms. The van der Waals surface area contributed by atoms with E-state index < -0.39 is 40.8 Å². The smallest absolute Gasteiger partial charge is 0.311 e. The van der Waals surface area contributed by atoms with Crippen LogP contribution < -0.4 is 4.74 Å². The standard InChI is InChI=1S/C23H31F5O4/c1-2-3-4-9-12-15-31-16(29)13-10-7-5-6-8-11-14-17(30)32-23-21(27)19(25)18(24)20(26)22(23)28/h2-15H2,1H3. The summed E-state index contributed by atoms with van der Waals surface area (Å²) < 4.78 is 75.6. The fraction of sp³-hybridized carbons (Fsp3) is 0.652. The molecule has 0 aliphatic heterocycles. The molecular weight excluding hydrogens is 435 g/mol. The molecule has 9 heteroatoms. The summed E-state index contributed by atoms with van der Waals surface area (Å²) in [7, 11) is 0. The maximum absolute atomic E-state index is 13.5. The van der Waals surface area contributed by atoms with Gasteiger partial charge in [-0.3, -0.25) is 9.59 Å². The topological polar surface area (TPSA) is 52.6 Å². The summed E-state index contributed by atoms with van der Waals surface area (Å²) in [6, 6.07) is 0. The minimum absolute atomic E-state index is 0.198. The molecule has 0 N–H and O–H groups in total. The number of esters is 2. The lowest BCUT2D eigenvalue weighted by molar-refractivity contribution is -0.144. The second-order valence-electron chi connectivity index (χ2n) is 7.63. The van der Waals surface area contributed by atoms with Crippen LogP contribution in [-0.4, -0.2) is 18.5 Å². The first-order valence-corrected chi connectivity index (χ1v) is 11.2. The van der Waals surface area contributed by atoms with Crippen molar-refractivity contribution in [2.75, 3.05) is 6.61 Å². The highest BCUT2D eigenvalue weighted by Gasteiger charge is 2.28. The zero-order valence-electron chi connectivity index (χ0n) is 18.4. The first kappa shape index (κ1) is 27.8. The van der Waals surface area contributed by atoms with E-state index in [2.05, 4.69) is 11.7 Å². The molecule has 0 bridgehead atoms. The molecule has 32 heavy (non-hydrogen) atoms. The Labute approximate surface area is 185 Å². The second kappa shape index (κ2) is 15.6. The molecular formula is C23H31F5O4. The number of carbonyl (C=O) groups is 2. The lowest BCUT2D eigenvalue weighted by Crippen LogP contribution is -2.13. The molecule has 1 aromatic rings. The highest BCUT2D eigenvalue weighted by molar-refractivity contribution is 5.72. The molecule has 1 aromatic carbocycles. The Morgan fingerprint density at radius 1 is 0.594 bits per heavy atom. The molecule has 182 valence electrons. The van der Waals surface area contributed by atoms with E-state index in [1.807, 2.05) is 0 Å². The highest BCUT2D eigenvalue weighted by Crippen LogP contribution is 2.29. The van der Waals surface area contributed by atoms with Crippen molar-refractivity contribution in [3.63, 3.8) is 0 Å². The predicted molar refractivity (Wildman–Crippen MR) is 109 cm³/mol. The van der Waals surface area contributed by atoms with Gasteiger partial charge in [0, 0.05) is 12.8 Å². The lowest BCUT2D eigenvalue weighted by Gasteiger charge is -2.08. The average Bonchev–Trinajstić information content (AvgIpc) is 2.78. The fourth-order valence-corrected chi connectivity index (χ4v) is 3.05. The quantitative estimate of drug-likeness (QED) is 0.0663. The average molecular weight is 466 g/mol. The Hall–Kier alpha value is -2.19. The van der Waals surface area contributed by atoms with Gasteiger partial charge in [-0.1, -0.05) is 58.3 Å². The van der Waals surface area contributed by atoms with Crippen molar-refractivity contribution in [3.05, 3.63) is 29.1 Å². The number of hydrogen-bond acceptors (Lipinski definition) is 4. The van der Waals surface area contributed by atoms with Crippen molar-refractivity contribution >= 4 is 11.9 Å². The van der Waals surface area contributed by atoms with Gasteiger partial charge < -0.3 is 9.47 Å². The number of unbranched alkanes of at least 4 members (excludes halogenated alkanes) is 9. The van der Waals surface area contributed by atoms with E-state index in [0.29, 0.717) is 32.3 Å². The van der Waals surface area contributed by atoms with Crippen LogP contribution in [0, 0.1) is 29.1 Å². The maximum atomic E-state index is 13.5. The Kier molecular flexibility index (Phi) is 13.6. The van der Waals surface area contributed by atoms with E-state index in [4.69, 9.17) is 4.74 Å². The van der Waals surface area contributed by atoms with Crippen molar-refractivity contribution < 1.29 is 41.0 Å². The van der Waals surface area contributed by atoms with Gasteiger partial charge in [0.15, 0.2) is 0 Å². The molecule has 0 saturated carbocycles. The van der Waals surface area contributed by atoms with Gasteiger partial charge in [0.25, 0.3) is 0 Å². The second-order valence-corrected chi connectivity index (χ2v) is 7.63. The van der Waals surface area contributed by atoms with Crippen LogP contribution >= 0.6 is 0 Å². The van der Waals surface area contributed by atoms with Crippen LogP contribution in [0.1, 0.15) is 90.4 Å². The van der Waals surface area contributed by atoms with E-state index in [1.165, 1.54) is 12.8 Å². The molecule has 0 amide bonds. The molecule has 0 unspecified atom stereocenters. The van der Waals surface area contributed by atoms with E-state index in [-0.39, 0.29) is 12.4 Å². The minimum Gasteiger partial charge on any atom is -0.466 e.